The standard InChI is InChI=1S/C54H39N3/c1-54(2)50-19-11-10-18-46(50)48-32-41(29-31-51(48)54)37-22-26-40(27-23-37)53(57-52(55)39-24-20-36(21-25-39)35-12-4-3-5-13-35)56-34-49-44-17-9-7-15-42(44)33-47-43-16-8-6-14-38(43)28-30-45(47)49/h3-34,55H,1-2H3. The molecule has 10 rings (SSSR count). The Bertz CT molecular complexity index is 3080. The van der Waals surface area contributed by atoms with Crippen molar-refractivity contribution < 1.29 is 0 Å². The quantitative estimate of drug-likeness (QED) is 0.0794. The summed E-state index contributed by atoms with van der Waals surface area (Å²) in [5, 5.41) is 16.2. The van der Waals surface area contributed by atoms with Crippen LogP contribution in [0.5, 0.6) is 0 Å². The molecule has 9 aromatic rings. The van der Waals surface area contributed by atoms with Crippen LogP contribution < -0.4 is 0 Å². The number of aliphatic imine (C=N–C) groups is 2. The first-order chi connectivity index (χ1) is 27.9. The molecule has 3 nitrogen and oxygen atoms in total. The Morgan fingerprint density at radius 1 is 0.456 bits per heavy atom. The molecule has 0 atom stereocenters. The molecule has 0 fully saturated rings. The molecule has 0 spiro atoms. The second-order valence-electron chi connectivity index (χ2n) is 15.4. The fourth-order valence-electron chi connectivity index (χ4n) is 8.62. The van der Waals surface area contributed by atoms with E-state index in [0.717, 1.165) is 55.1 Å². The van der Waals surface area contributed by atoms with Crippen LogP contribution in [0, 0.1) is 5.41 Å². The predicted molar refractivity (Wildman–Crippen MR) is 241 cm³/mol. The zero-order valence-electron chi connectivity index (χ0n) is 31.9. The summed E-state index contributed by atoms with van der Waals surface area (Å²) >= 11 is 0. The van der Waals surface area contributed by atoms with Crippen LogP contribution in [-0.2, 0) is 5.41 Å². The number of hydrogen-bond acceptors (Lipinski definition) is 1. The summed E-state index contributed by atoms with van der Waals surface area (Å²) in [4.78, 5) is 10.1. The number of nitrogens with zero attached hydrogens (tertiary/aromatic N) is 2. The van der Waals surface area contributed by atoms with Gasteiger partial charge >= 0.3 is 0 Å². The lowest BCUT2D eigenvalue weighted by Gasteiger charge is -2.21. The van der Waals surface area contributed by atoms with Crippen LogP contribution >= 0.6 is 0 Å². The average molecular weight is 730 g/mol. The average Bonchev–Trinajstić information content (AvgIpc) is 3.50. The molecule has 1 aliphatic rings. The second kappa shape index (κ2) is 13.8. The summed E-state index contributed by atoms with van der Waals surface area (Å²) in [5.74, 6) is 0.629. The van der Waals surface area contributed by atoms with E-state index in [4.69, 9.17) is 9.98 Å². The van der Waals surface area contributed by atoms with Crippen LogP contribution in [-0.4, -0.2) is 17.9 Å². The highest BCUT2D eigenvalue weighted by Gasteiger charge is 2.35. The first kappa shape index (κ1) is 34.3. The van der Waals surface area contributed by atoms with Crippen LogP contribution in [0.2, 0.25) is 0 Å². The summed E-state index contributed by atoms with van der Waals surface area (Å²) in [6.07, 6.45) is 1.94. The van der Waals surface area contributed by atoms with Crippen molar-refractivity contribution >= 4 is 50.2 Å². The molecule has 0 aromatic heterocycles. The number of hydrogen-bond donors (Lipinski definition) is 1. The third-order valence-corrected chi connectivity index (χ3v) is 11.7. The predicted octanol–water partition coefficient (Wildman–Crippen LogP) is 13.7. The smallest absolute Gasteiger partial charge is 0.161 e. The van der Waals surface area contributed by atoms with Crippen LogP contribution in [0.4, 0.5) is 0 Å². The lowest BCUT2D eigenvalue weighted by Crippen LogP contribution is -2.14. The van der Waals surface area contributed by atoms with Gasteiger partial charge in [-0.1, -0.05) is 190 Å². The van der Waals surface area contributed by atoms with Crippen LogP contribution in [0.15, 0.2) is 198 Å². The van der Waals surface area contributed by atoms with Gasteiger partial charge in [0.2, 0.25) is 0 Å². The third kappa shape index (κ3) is 6.05. The minimum atomic E-state index is -0.0352. The van der Waals surface area contributed by atoms with Gasteiger partial charge in [0, 0.05) is 28.3 Å². The first-order valence-electron chi connectivity index (χ1n) is 19.5. The normalized spacial score (nSPS) is 13.3. The van der Waals surface area contributed by atoms with E-state index >= 15 is 0 Å². The molecule has 270 valence electrons. The molecule has 0 unspecified atom stereocenters. The minimum absolute atomic E-state index is 0.0352. The third-order valence-electron chi connectivity index (χ3n) is 11.7. The number of nitrogens with one attached hydrogen (secondary N) is 1. The van der Waals surface area contributed by atoms with Gasteiger partial charge in [0.15, 0.2) is 11.7 Å². The fraction of sp³-hybridized carbons (Fsp3) is 0.0556. The Balaban J connectivity index is 1.07. The highest BCUT2D eigenvalue weighted by molar-refractivity contribution is 6.22. The SMILES string of the molecule is CC1(C)c2ccccc2-c2cc(-c3ccc(C(N=Cc4c5ccccc5cc5c4ccc4ccccc45)=NC(=N)c4ccc(-c5ccccc5)cc4)cc3)ccc21. The molecular weight excluding hydrogens is 691 g/mol. The van der Waals surface area contributed by atoms with E-state index in [1.54, 1.807) is 0 Å². The van der Waals surface area contributed by atoms with Crippen LogP contribution in [0.25, 0.3) is 65.7 Å². The van der Waals surface area contributed by atoms with Crippen LogP contribution in [0.1, 0.15) is 41.7 Å². The summed E-state index contributed by atoms with van der Waals surface area (Å²) in [6.45, 7) is 4.62. The van der Waals surface area contributed by atoms with Gasteiger partial charge in [-0.3, -0.25) is 5.41 Å². The van der Waals surface area contributed by atoms with Gasteiger partial charge in [-0.15, -0.1) is 0 Å². The summed E-state index contributed by atoms with van der Waals surface area (Å²) in [7, 11) is 0. The van der Waals surface area contributed by atoms with Crippen molar-refractivity contribution in [1.29, 1.82) is 5.41 Å². The van der Waals surface area contributed by atoms with Gasteiger partial charge in [0.25, 0.3) is 0 Å². The fourth-order valence-corrected chi connectivity index (χ4v) is 8.62. The molecular formula is C54H39N3. The highest BCUT2D eigenvalue weighted by Crippen LogP contribution is 2.49. The Hall–Kier alpha value is -7.23. The van der Waals surface area contributed by atoms with E-state index in [2.05, 4.69) is 172 Å². The Labute approximate surface area is 332 Å². The molecule has 1 aliphatic carbocycles. The highest BCUT2D eigenvalue weighted by atomic mass is 14.9. The van der Waals surface area contributed by atoms with Crippen molar-refractivity contribution in [3.63, 3.8) is 0 Å². The monoisotopic (exact) mass is 729 g/mol. The maximum atomic E-state index is 9.20. The second-order valence-corrected chi connectivity index (χ2v) is 15.4. The molecule has 1 N–H and O–H groups in total. The van der Waals surface area contributed by atoms with Crippen molar-refractivity contribution in [1.82, 2.24) is 0 Å². The Kier molecular flexibility index (Phi) is 8.30. The molecule has 0 aliphatic heterocycles. The van der Waals surface area contributed by atoms with Gasteiger partial charge in [-0.25, -0.2) is 9.98 Å². The van der Waals surface area contributed by atoms with Gasteiger partial charge in [-0.2, -0.15) is 0 Å². The molecule has 57 heavy (non-hydrogen) atoms. The van der Waals surface area contributed by atoms with E-state index in [-0.39, 0.29) is 11.3 Å². The molecule has 0 saturated heterocycles. The topological polar surface area (TPSA) is 48.6 Å². The van der Waals surface area contributed by atoms with Crippen LogP contribution in [0.3, 0.4) is 0 Å². The van der Waals surface area contributed by atoms with Crippen molar-refractivity contribution in [2.45, 2.75) is 19.3 Å². The zero-order valence-corrected chi connectivity index (χ0v) is 31.9. The Morgan fingerprint density at radius 2 is 1.05 bits per heavy atom. The Morgan fingerprint density at radius 3 is 1.84 bits per heavy atom. The van der Waals surface area contributed by atoms with Crippen molar-refractivity contribution in [2.75, 3.05) is 0 Å². The number of amidine groups is 2. The van der Waals surface area contributed by atoms with E-state index in [1.165, 1.54) is 38.4 Å². The van der Waals surface area contributed by atoms with Gasteiger partial charge < -0.3 is 0 Å². The number of fused-ring (bicyclic) bond motifs is 7. The lowest BCUT2D eigenvalue weighted by molar-refractivity contribution is 0.660. The summed E-state index contributed by atoms with van der Waals surface area (Å²) in [5.41, 5.74) is 12.4. The van der Waals surface area contributed by atoms with Crippen molar-refractivity contribution in [3.8, 4) is 33.4 Å². The van der Waals surface area contributed by atoms with E-state index < -0.39 is 0 Å². The number of benzene rings is 9. The van der Waals surface area contributed by atoms with Crippen molar-refractivity contribution in [2.24, 2.45) is 9.98 Å². The molecule has 0 heterocycles. The van der Waals surface area contributed by atoms with E-state index in [1.807, 2.05) is 36.5 Å². The first-order valence-corrected chi connectivity index (χ1v) is 19.5. The maximum Gasteiger partial charge on any atom is 0.161 e. The molecule has 9 aromatic carbocycles. The van der Waals surface area contributed by atoms with Gasteiger partial charge in [-0.05, 0) is 89.0 Å². The molecule has 0 amide bonds. The largest absolute Gasteiger partial charge is 0.282 e. The summed E-state index contributed by atoms with van der Waals surface area (Å²) in [6, 6.07) is 66.1. The summed E-state index contributed by atoms with van der Waals surface area (Å²) < 4.78 is 0. The minimum Gasteiger partial charge on any atom is -0.282 e. The maximum absolute atomic E-state index is 9.20. The molecule has 3 heteroatoms. The van der Waals surface area contributed by atoms with Gasteiger partial charge in [0.05, 0.1) is 0 Å². The molecule has 0 bridgehead atoms. The van der Waals surface area contributed by atoms with Crippen molar-refractivity contribution in [3.05, 3.63) is 216 Å². The number of rotatable bonds is 5. The lowest BCUT2D eigenvalue weighted by atomic mass is 9.82. The molecule has 0 radical (unpaired) electrons. The zero-order chi connectivity index (χ0) is 38.5. The van der Waals surface area contributed by atoms with Gasteiger partial charge in [0.1, 0.15) is 0 Å². The van der Waals surface area contributed by atoms with E-state index in [9.17, 15) is 5.41 Å². The van der Waals surface area contributed by atoms with E-state index in [0.29, 0.717) is 5.84 Å². The molecule has 0 saturated carbocycles.